The molecule has 0 aromatic heterocycles. The summed E-state index contributed by atoms with van der Waals surface area (Å²) in [6.07, 6.45) is 10.4. The molecule has 0 aromatic rings. The average molecular weight is 216 g/mol. The van der Waals surface area contributed by atoms with E-state index in [-0.39, 0.29) is 10.8 Å². The van der Waals surface area contributed by atoms with Crippen molar-refractivity contribution in [2.75, 3.05) is 0 Å². The minimum Gasteiger partial charge on any atom is -0.295 e. The van der Waals surface area contributed by atoms with Crippen LogP contribution in [0.3, 0.4) is 0 Å². The number of hydrogen-bond donors (Lipinski definition) is 0. The number of carbonyl (C=O) groups excluding carboxylic acids is 1. The molecule has 0 saturated heterocycles. The zero-order valence-corrected chi connectivity index (χ0v) is 10.4. The fourth-order valence-corrected chi connectivity index (χ4v) is 3.25. The van der Waals surface area contributed by atoms with Crippen LogP contribution in [0.15, 0.2) is 36.5 Å². The third-order valence-corrected chi connectivity index (χ3v) is 4.15. The predicted molar refractivity (Wildman–Crippen MR) is 67.0 cm³/mol. The van der Waals surface area contributed by atoms with Crippen molar-refractivity contribution in [3.63, 3.8) is 0 Å². The molecule has 0 amide bonds. The monoisotopic (exact) mass is 216 g/mol. The van der Waals surface area contributed by atoms with Crippen LogP contribution in [0.4, 0.5) is 0 Å². The molecule has 1 heteroatoms. The second-order valence-corrected chi connectivity index (χ2v) is 5.73. The molecule has 0 unspecified atom stereocenters. The Hall–Kier alpha value is -1.11. The van der Waals surface area contributed by atoms with Crippen LogP contribution in [0.25, 0.3) is 0 Å². The van der Waals surface area contributed by atoms with Gasteiger partial charge in [-0.25, -0.2) is 0 Å². The average Bonchev–Trinajstić information content (AvgIpc) is 2.45. The van der Waals surface area contributed by atoms with E-state index >= 15 is 0 Å². The van der Waals surface area contributed by atoms with E-state index in [4.69, 9.17) is 0 Å². The quantitative estimate of drug-likeness (QED) is 0.611. The normalized spacial score (nSPS) is 36.6. The van der Waals surface area contributed by atoms with Gasteiger partial charge in [0.2, 0.25) is 0 Å². The molecule has 0 heterocycles. The lowest BCUT2D eigenvalue weighted by atomic mass is 9.64. The summed E-state index contributed by atoms with van der Waals surface area (Å²) >= 11 is 0. The number of Topliss-reactive ketones (excluding diaryl/α,β-unsaturated/α-hetero) is 1. The Morgan fingerprint density at radius 1 is 1.44 bits per heavy atom. The van der Waals surface area contributed by atoms with E-state index in [0.717, 1.165) is 12.0 Å². The zero-order valence-electron chi connectivity index (χ0n) is 10.4. The Kier molecular flexibility index (Phi) is 2.45. The van der Waals surface area contributed by atoms with Gasteiger partial charge in [-0.3, -0.25) is 4.79 Å². The van der Waals surface area contributed by atoms with Crippen LogP contribution < -0.4 is 0 Å². The maximum Gasteiger partial charge on any atom is 0.158 e. The SMILES string of the molecule is C=C[C@H]1C(C)(C)C=C[C@@]12C=C(C)C(=O)CC2. The summed E-state index contributed by atoms with van der Waals surface area (Å²) in [4.78, 5) is 11.6. The van der Waals surface area contributed by atoms with Gasteiger partial charge in [0, 0.05) is 11.8 Å². The van der Waals surface area contributed by atoms with Crippen LogP contribution in [0, 0.1) is 16.7 Å². The first-order valence-electron chi connectivity index (χ1n) is 5.97. The minimum absolute atomic E-state index is 0.0449. The summed E-state index contributed by atoms with van der Waals surface area (Å²) in [5.74, 6) is 0.703. The van der Waals surface area contributed by atoms with Gasteiger partial charge < -0.3 is 0 Å². The standard InChI is InChI=1S/C15H20O/c1-5-13-14(3,4)8-9-15(13)7-6-12(16)11(2)10-15/h5,8-10,13H,1,6-7H2,2-4H3/t13-,15-/m0/s1. The zero-order chi connectivity index (χ0) is 12.0. The van der Waals surface area contributed by atoms with E-state index < -0.39 is 0 Å². The van der Waals surface area contributed by atoms with Crippen molar-refractivity contribution in [2.24, 2.45) is 16.7 Å². The van der Waals surface area contributed by atoms with Crippen molar-refractivity contribution in [1.29, 1.82) is 0 Å². The van der Waals surface area contributed by atoms with Gasteiger partial charge in [0.05, 0.1) is 0 Å². The van der Waals surface area contributed by atoms with E-state index in [1.807, 2.05) is 6.92 Å². The first-order valence-corrected chi connectivity index (χ1v) is 5.97. The van der Waals surface area contributed by atoms with Gasteiger partial charge in [-0.1, -0.05) is 38.2 Å². The smallest absolute Gasteiger partial charge is 0.158 e. The molecule has 0 fully saturated rings. The fourth-order valence-electron chi connectivity index (χ4n) is 3.25. The van der Waals surface area contributed by atoms with Crippen molar-refractivity contribution >= 4 is 5.78 Å². The largest absolute Gasteiger partial charge is 0.295 e. The van der Waals surface area contributed by atoms with Crippen LogP contribution in [0.5, 0.6) is 0 Å². The fraction of sp³-hybridized carbons (Fsp3) is 0.533. The Morgan fingerprint density at radius 2 is 2.12 bits per heavy atom. The van der Waals surface area contributed by atoms with E-state index in [9.17, 15) is 4.79 Å². The van der Waals surface area contributed by atoms with Crippen LogP contribution in [0.2, 0.25) is 0 Å². The Morgan fingerprint density at radius 3 is 2.69 bits per heavy atom. The van der Waals surface area contributed by atoms with Gasteiger partial charge in [-0.2, -0.15) is 0 Å². The first-order chi connectivity index (χ1) is 7.41. The third-order valence-electron chi connectivity index (χ3n) is 4.15. The molecule has 1 nitrogen and oxygen atoms in total. The van der Waals surface area contributed by atoms with Crippen molar-refractivity contribution in [3.05, 3.63) is 36.5 Å². The highest BCUT2D eigenvalue weighted by Gasteiger charge is 2.47. The van der Waals surface area contributed by atoms with Gasteiger partial charge in [-0.05, 0) is 30.3 Å². The van der Waals surface area contributed by atoms with Crippen molar-refractivity contribution in [2.45, 2.75) is 33.6 Å². The second kappa shape index (κ2) is 3.44. The Bertz CT molecular complexity index is 398. The topological polar surface area (TPSA) is 17.1 Å². The van der Waals surface area contributed by atoms with Gasteiger partial charge in [0.1, 0.15) is 0 Å². The van der Waals surface area contributed by atoms with E-state index in [2.05, 4.69) is 44.7 Å². The van der Waals surface area contributed by atoms with Crippen molar-refractivity contribution < 1.29 is 4.79 Å². The molecule has 0 aromatic carbocycles. The molecule has 16 heavy (non-hydrogen) atoms. The summed E-state index contributed by atoms with van der Waals surface area (Å²) in [5.41, 5.74) is 1.11. The molecule has 2 aliphatic rings. The summed E-state index contributed by atoms with van der Waals surface area (Å²) in [5, 5.41) is 0. The first kappa shape index (κ1) is 11.4. The summed E-state index contributed by atoms with van der Waals surface area (Å²) in [6, 6.07) is 0. The highest BCUT2D eigenvalue weighted by molar-refractivity contribution is 5.96. The molecule has 0 aliphatic heterocycles. The van der Waals surface area contributed by atoms with E-state index in [0.29, 0.717) is 18.1 Å². The summed E-state index contributed by atoms with van der Waals surface area (Å²) in [6.45, 7) is 10.4. The van der Waals surface area contributed by atoms with Crippen LogP contribution in [-0.4, -0.2) is 5.78 Å². The molecular formula is C15H20O. The lowest BCUT2D eigenvalue weighted by Gasteiger charge is -2.39. The lowest BCUT2D eigenvalue weighted by molar-refractivity contribution is -0.116. The van der Waals surface area contributed by atoms with Crippen molar-refractivity contribution in [1.82, 2.24) is 0 Å². The minimum atomic E-state index is 0.0449. The van der Waals surface area contributed by atoms with Gasteiger partial charge >= 0.3 is 0 Å². The number of carbonyl (C=O) groups is 1. The Labute approximate surface area is 97.9 Å². The molecule has 2 rings (SSSR count). The molecular weight excluding hydrogens is 196 g/mol. The number of rotatable bonds is 1. The highest BCUT2D eigenvalue weighted by atomic mass is 16.1. The third kappa shape index (κ3) is 1.50. The number of hydrogen-bond acceptors (Lipinski definition) is 1. The molecule has 0 radical (unpaired) electrons. The predicted octanol–water partition coefficient (Wildman–Crippen LogP) is 3.68. The molecule has 0 saturated carbocycles. The van der Waals surface area contributed by atoms with Crippen LogP contribution >= 0.6 is 0 Å². The maximum absolute atomic E-state index is 11.6. The van der Waals surface area contributed by atoms with E-state index in [1.165, 1.54) is 0 Å². The highest BCUT2D eigenvalue weighted by Crippen LogP contribution is 2.54. The lowest BCUT2D eigenvalue weighted by Crippen LogP contribution is -2.33. The Balaban J connectivity index is 2.45. The number of ketones is 1. The molecule has 86 valence electrons. The second-order valence-electron chi connectivity index (χ2n) is 5.73. The molecule has 0 N–H and O–H groups in total. The summed E-state index contributed by atoms with van der Waals surface area (Å²) in [7, 11) is 0. The van der Waals surface area contributed by atoms with Crippen LogP contribution in [-0.2, 0) is 4.79 Å². The summed E-state index contributed by atoms with van der Waals surface area (Å²) < 4.78 is 0. The van der Waals surface area contributed by atoms with Crippen molar-refractivity contribution in [3.8, 4) is 0 Å². The molecule has 0 bridgehead atoms. The number of allylic oxidation sites excluding steroid dienone is 5. The van der Waals surface area contributed by atoms with E-state index in [1.54, 1.807) is 0 Å². The maximum atomic E-state index is 11.6. The molecule has 1 spiro atoms. The van der Waals surface area contributed by atoms with Gasteiger partial charge in [0.15, 0.2) is 5.78 Å². The molecule has 2 atom stereocenters. The van der Waals surface area contributed by atoms with Gasteiger partial charge in [-0.15, -0.1) is 6.58 Å². The molecule has 2 aliphatic carbocycles. The van der Waals surface area contributed by atoms with Gasteiger partial charge in [0.25, 0.3) is 0 Å². The van der Waals surface area contributed by atoms with Crippen LogP contribution in [0.1, 0.15) is 33.6 Å².